The van der Waals surface area contributed by atoms with Crippen LogP contribution >= 0.6 is 11.6 Å². The molecule has 0 aliphatic heterocycles. The minimum absolute atomic E-state index is 0.312. The predicted octanol–water partition coefficient (Wildman–Crippen LogP) is 3.17. The third-order valence-electron chi connectivity index (χ3n) is 2.29. The summed E-state index contributed by atoms with van der Waals surface area (Å²) in [5, 5.41) is 3.01. The Morgan fingerprint density at radius 2 is 1.89 bits per heavy atom. The first-order valence-electron chi connectivity index (χ1n) is 5.25. The van der Waals surface area contributed by atoms with Gasteiger partial charge in [-0.3, -0.25) is 0 Å². The van der Waals surface area contributed by atoms with E-state index in [1.54, 1.807) is 20.3 Å². The lowest BCUT2D eigenvalue weighted by Crippen LogP contribution is -1.94. The van der Waals surface area contributed by atoms with Crippen LogP contribution in [0.25, 0.3) is 0 Å². The average Bonchev–Trinajstić information content (AvgIpc) is 2.85. The van der Waals surface area contributed by atoms with Crippen molar-refractivity contribution in [3.8, 4) is 11.5 Å². The van der Waals surface area contributed by atoms with Gasteiger partial charge >= 0.3 is 0 Å². The summed E-state index contributed by atoms with van der Waals surface area (Å²) >= 11 is 5.65. The Labute approximate surface area is 110 Å². The van der Waals surface area contributed by atoms with Crippen LogP contribution in [0.3, 0.4) is 0 Å². The SMILES string of the molecule is COc1cc(Nc2nc(CCl)co2)cc(OC)c1. The zero-order valence-electron chi connectivity index (χ0n) is 10.1. The van der Waals surface area contributed by atoms with Crippen LogP contribution in [0.4, 0.5) is 11.7 Å². The molecule has 1 aromatic carbocycles. The first-order valence-corrected chi connectivity index (χ1v) is 5.79. The highest BCUT2D eigenvalue weighted by atomic mass is 35.5. The maximum Gasteiger partial charge on any atom is 0.299 e. The number of oxazole rings is 1. The van der Waals surface area contributed by atoms with Gasteiger partial charge in [-0.2, -0.15) is 4.98 Å². The fraction of sp³-hybridized carbons (Fsp3) is 0.250. The first kappa shape index (κ1) is 12.6. The standard InChI is InChI=1S/C12H13ClN2O3/c1-16-10-3-8(4-11(5-10)17-2)14-12-15-9(6-13)7-18-12/h3-5,7H,6H2,1-2H3,(H,14,15). The number of aromatic nitrogens is 1. The summed E-state index contributed by atoms with van der Waals surface area (Å²) in [6, 6.07) is 5.78. The van der Waals surface area contributed by atoms with Crippen molar-refractivity contribution >= 4 is 23.3 Å². The highest BCUT2D eigenvalue weighted by Gasteiger charge is 2.06. The number of nitrogens with one attached hydrogen (secondary N) is 1. The topological polar surface area (TPSA) is 56.5 Å². The van der Waals surface area contributed by atoms with Crippen LogP contribution in [-0.2, 0) is 5.88 Å². The van der Waals surface area contributed by atoms with E-state index in [2.05, 4.69) is 10.3 Å². The lowest BCUT2D eigenvalue weighted by Gasteiger charge is -2.08. The molecule has 0 amide bonds. The van der Waals surface area contributed by atoms with Crippen molar-refractivity contribution in [2.24, 2.45) is 0 Å². The number of alkyl halides is 1. The molecule has 0 atom stereocenters. The fourth-order valence-corrected chi connectivity index (χ4v) is 1.55. The Bertz CT molecular complexity index is 506. The smallest absolute Gasteiger partial charge is 0.299 e. The minimum atomic E-state index is 0.312. The molecular weight excluding hydrogens is 256 g/mol. The van der Waals surface area contributed by atoms with Crippen molar-refractivity contribution in [3.05, 3.63) is 30.2 Å². The second kappa shape index (κ2) is 5.64. The highest BCUT2D eigenvalue weighted by molar-refractivity contribution is 6.16. The lowest BCUT2D eigenvalue weighted by molar-refractivity contribution is 0.394. The number of benzene rings is 1. The van der Waals surface area contributed by atoms with Gasteiger partial charge in [-0.25, -0.2) is 0 Å². The van der Waals surface area contributed by atoms with Crippen LogP contribution in [0, 0.1) is 0 Å². The number of hydrogen-bond acceptors (Lipinski definition) is 5. The van der Waals surface area contributed by atoms with Gasteiger partial charge in [-0.05, 0) is 0 Å². The molecule has 0 bridgehead atoms. The second-order valence-electron chi connectivity index (χ2n) is 3.50. The van der Waals surface area contributed by atoms with E-state index in [0.717, 1.165) is 5.69 Å². The summed E-state index contributed by atoms with van der Waals surface area (Å²) in [5.74, 6) is 1.68. The third kappa shape index (κ3) is 2.87. The number of anilines is 2. The Morgan fingerprint density at radius 3 is 2.39 bits per heavy atom. The Kier molecular flexibility index (Phi) is 3.94. The van der Waals surface area contributed by atoms with Crippen molar-refractivity contribution in [2.75, 3.05) is 19.5 Å². The molecule has 0 spiro atoms. The van der Waals surface area contributed by atoms with E-state index in [0.29, 0.717) is 29.1 Å². The molecule has 2 rings (SSSR count). The number of nitrogens with zero attached hydrogens (tertiary/aromatic N) is 1. The summed E-state index contributed by atoms with van der Waals surface area (Å²) < 4.78 is 15.6. The molecule has 0 saturated carbocycles. The van der Waals surface area contributed by atoms with Gasteiger partial charge in [0, 0.05) is 23.9 Å². The first-order chi connectivity index (χ1) is 8.75. The summed E-state index contributed by atoms with van der Waals surface area (Å²) in [5.41, 5.74) is 1.43. The van der Waals surface area contributed by atoms with Gasteiger partial charge < -0.3 is 19.2 Å². The Balaban J connectivity index is 2.22. The van der Waals surface area contributed by atoms with Crippen LogP contribution in [0.1, 0.15) is 5.69 Å². The molecule has 5 nitrogen and oxygen atoms in total. The molecular formula is C12H13ClN2O3. The maximum atomic E-state index is 5.65. The molecule has 1 heterocycles. The quantitative estimate of drug-likeness (QED) is 0.844. The number of rotatable bonds is 5. The molecule has 1 N–H and O–H groups in total. The number of ether oxygens (including phenoxy) is 2. The summed E-state index contributed by atoms with van der Waals surface area (Å²) in [4.78, 5) is 4.14. The van der Waals surface area contributed by atoms with Crippen molar-refractivity contribution in [2.45, 2.75) is 5.88 Å². The number of methoxy groups -OCH3 is 2. The molecule has 0 fully saturated rings. The predicted molar refractivity (Wildman–Crippen MR) is 68.9 cm³/mol. The zero-order chi connectivity index (χ0) is 13.0. The van der Waals surface area contributed by atoms with Gasteiger partial charge in [0.2, 0.25) is 0 Å². The van der Waals surface area contributed by atoms with Gasteiger partial charge in [0.05, 0.1) is 25.8 Å². The Morgan fingerprint density at radius 1 is 1.22 bits per heavy atom. The van der Waals surface area contributed by atoms with Crippen molar-refractivity contribution in [3.63, 3.8) is 0 Å². The fourth-order valence-electron chi connectivity index (χ4n) is 1.43. The summed E-state index contributed by atoms with van der Waals surface area (Å²) in [6.45, 7) is 0. The largest absolute Gasteiger partial charge is 0.497 e. The molecule has 6 heteroatoms. The van der Waals surface area contributed by atoms with Crippen LogP contribution in [-0.4, -0.2) is 19.2 Å². The van der Waals surface area contributed by atoms with Crippen LogP contribution in [0.2, 0.25) is 0 Å². The van der Waals surface area contributed by atoms with Gasteiger partial charge in [0.1, 0.15) is 17.8 Å². The van der Waals surface area contributed by atoms with Gasteiger partial charge in [0.15, 0.2) is 0 Å². The maximum absolute atomic E-state index is 5.65. The third-order valence-corrected chi connectivity index (χ3v) is 2.57. The van der Waals surface area contributed by atoms with Crippen molar-refractivity contribution in [1.29, 1.82) is 0 Å². The molecule has 1 aromatic heterocycles. The molecule has 0 aliphatic rings. The van der Waals surface area contributed by atoms with E-state index < -0.39 is 0 Å². The lowest BCUT2D eigenvalue weighted by atomic mass is 10.3. The molecule has 2 aromatic rings. The van der Waals surface area contributed by atoms with Gasteiger partial charge in [0.25, 0.3) is 6.01 Å². The van der Waals surface area contributed by atoms with E-state index in [-0.39, 0.29) is 0 Å². The molecule has 18 heavy (non-hydrogen) atoms. The molecule has 96 valence electrons. The molecule has 0 radical (unpaired) electrons. The normalized spacial score (nSPS) is 10.2. The monoisotopic (exact) mass is 268 g/mol. The van der Waals surface area contributed by atoms with Crippen molar-refractivity contribution in [1.82, 2.24) is 4.98 Å². The van der Waals surface area contributed by atoms with E-state index in [4.69, 9.17) is 25.5 Å². The van der Waals surface area contributed by atoms with Gasteiger partial charge in [-0.15, -0.1) is 11.6 Å². The van der Waals surface area contributed by atoms with Gasteiger partial charge in [-0.1, -0.05) is 0 Å². The Hall–Kier alpha value is -1.88. The average molecular weight is 269 g/mol. The summed E-state index contributed by atoms with van der Waals surface area (Å²) in [7, 11) is 3.19. The summed E-state index contributed by atoms with van der Waals surface area (Å²) in [6.07, 6.45) is 1.51. The molecule has 0 saturated heterocycles. The van der Waals surface area contributed by atoms with Crippen molar-refractivity contribution < 1.29 is 13.9 Å². The van der Waals surface area contributed by atoms with E-state index in [9.17, 15) is 0 Å². The molecule has 0 unspecified atom stereocenters. The van der Waals surface area contributed by atoms with Crippen LogP contribution in [0.15, 0.2) is 28.9 Å². The number of hydrogen-bond donors (Lipinski definition) is 1. The van der Waals surface area contributed by atoms with Crippen LogP contribution < -0.4 is 14.8 Å². The second-order valence-corrected chi connectivity index (χ2v) is 3.77. The van der Waals surface area contributed by atoms with Crippen LogP contribution in [0.5, 0.6) is 11.5 Å². The van der Waals surface area contributed by atoms with E-state index in [1.165, 1.54) is 6.26 Å². The minimum Gasteiger partial charge on any atom is -0.497 e. The number of halogens is 1. The van der Waals surface area contributed by atoms with E-state index in [1.807, 2.05) is 12.1 Å². The zero-order valence-corrected chi connectivity index (χ0v) is 10.8. The molecule has 0 aliphatic carbocycles. The van der Waals surface area contributed by atoms with E-state index >= 15 is 0 Å². The highest BCUT2D eigenvalue weighted by Crippen LogP contribution is 2.27.